The van der Waals surface area contributed by atoms with Crippen LogP contribution in [-0.4, -0.2) is 9.97 Å². The smallest absolute Gasteiger partial charge is 0.241 e. The first-order valence-electron chi connectivity index (χ1n) is 4.99. The Labute approximate surface area is 83.2 Å². The van der Waals surface area contributed by atoms with Crippen LogP contribution in [0.15, 0.2) is 37.4 Å². The minimum absolute atomic E-state index is 1.09. The van der Waals surface area contributed by atoms with Crippen molar-refractivity contribution in [3.8, 4) is 0 Å². The minimum atomic E-state index is 1.09. The predicted octanol–water partition coefficient (Wildman–Crippen LogP) is 0.398. The van der Waals surface area contributed by atoms with Gasteiger partial charge in [0.2, 0.25) is 12.7 Å². The number of unbranched alkanes of at least 4 members (excludes halogenated alkanes) is 1. The fourth-order valence-electron chi connectivity index (χ4n) is 1.51. The lowest BCUT2D eigenvalue weighted by atomic mass is 10.3. The van der Waals surface area contributed by atoms with E-state index in [0.29, 0.717) is 0 Å². The molecule has 0 aliphatic heterocycles. The summed E-state index contributed by atoms with van der Waals surface area (Å²) in [6.07, 6.45) is 14.4. The molecule has 0 aliphatic carbocycles. The lowest BCUT2D eigenvalue weighted by Crippen LogP contribution is -2.33. The number of hydrogen-bond acceptors (Lipinski definition) is 0. The Bertz CT molecular complexity index is 300. The molecule has 14 heavy (non-hydrogen) atoms. The predicted molar refractivity (Wildman–Crippen MR) is 51.2 cm³/mol. The molecule has 0 aliphatic rings. The SMILES string of the molecule is c1c[n+](CCCC[n+]2cc[nH]c2)c[nH]1. The van der Waals surface area contributed by atoms with E-state index in [2.05, 4.69) is 31.5 Å². The van der Waals surface area contributed by atoms with Gasteiger partial charge in [-0.2, -0.15) is 0 Å². The van der Waals surface area contributed by atoms with Gasteiger partial charge in [0.05, 0.1) is 13.1 Å². The van der Waals surface area contributed by atoms with Crippen LogP contribution in [0, 0.1) is 0 Å². The van der Waals surface area contributed by atoms with Crippen molar-refractivity contribution in [3.63, 3.8) is 0 Å². The highest BCUT2D eigenvalue weighted by atomic mass is 15.0. The van der Waals surface area contributed by atoms with Gasteiger partial charge in [-0.3, -0.25) is 9.97 Å². The normalized spacial score (nSPS) is 10.6. The number of hydrogen-bond donors (Lipinski definition) is 2. The van der Waals surface area contributed by atoms with Crippen molar-refractivity contribution >= 4 is 0 Å². The van der Waals surface area contributed by atoms with E-state index >= 15 is 0 Å². The minimum Gasteiger partial charge on any atom is -0.250 e. The molecule has 4 nitrogen and oxygen atoms in total. The topological polar surface area (TPSA) is 39.3 Å². The number of aromatic nitrogens is 4. The molecule has 2 aromatic rings. The van der Waals surface area contributed by atoms with Gasteiger partial charge in [0, 0.05) is 0 Å². The lowest BCUT2D eigenvalue weighted by molar-refractivity contribution is -0.706. The summed E-state index contributed by atoms with van der Waals surface area (Å²) in [6, 6.07) is 0. The maximum absolute atomic E-state index is 3.04. The van der Waals surface area contributed by atoms with E-state index in [1.165, 1.54) is 12.8 Å². The van der Waals surface area contributed by atoms with Crippen LogP contribution < -0.4 is 9.13 Å². The largest absolute Gasteiger partial charge is 0.250 e. The van der Waals surface area contributed by atoms with E-state index in [9.17, 15) is 0 Å². The van der Waals surface area contributed by atoms with Crippen molar-refractivity contribution < 1.29 is 9.13 Å². The maximum Gasteiger partial charge on any atom is 0.241 e. The fraction of sp³-hybridized carbons (Fsp3) is 0.400. The van der Waals surface area contributed by atoms with Crippen LogP contribution in [0.4, 0.5) is 0 Å². The highest BCUT2D eigenvalue weighted by Gasteiger charge is 1.99. The summed E-state index contributed by atoms with van der Waals surface area (Å²) in [7, 11) is 0. The molecule has 0 fully saturated rings. The van der Waals surface area contributed by atoms with Crippen molar-refractivity contribution in [3.05, 3.63) is 37.4 Å². The summed E-state index contributed by atoms with van der Waals surface area (Å²) in [5.74, 6) is 0. The Balaban J connectivity index is 1.65. The molecule has 0 aromatic carbocycles. The molecule has 0 bridgehead atoms. The molecule has 0 spiro atoms. The molecular weight excluding hydrogens is 176 g/mol. The van der Waals surface area contributed by atoms with Crippen molar-refractivity contribution in [2.45, 2.75) is 25.9 Å². The number of aromatic amines is 2. The molecule has 2 aromatic heterocycles. The van der Waals surface area contributed by atoms with E-state index in [1.807, 2.05) is 25.0 Å². The highest BCUT2D eigenvalue weighted by Crippen LogP contribution is 1.88. The van der Waals surface area contributed by atoms with Crippen molar-refractivity contribution in [2.24, 2.45) is 0 Å². The van der Waals surface area contributed by atoms with Crippen LogP contribution in [0.25, 0.3) is 0 Å². The maximum atomic E-state index is 3.04. The molecule has 2 heterocycles. The van der Waals surface area contributed by atoms with Crippen molar-refractivity contribution in [1.82, 2.24) is 9.97 Å². The number of H-pyrrole nitrogens is 2. The highest BCUT2D eigenvalue weighted by molar-refractivity contribution is 4.56. The van der Waals surface area contributed by atoms with Gasteiger partial charge >= 0.3 is 0 Å². The average Bonchev–Trinajstić information content (AvgIpc) is 2.86. The van der Waals surface area contributed by atoms with Gasteiger partial charge in [0.25, 0.3) is 0 Å². The molecule has 2 N–H and O–H groups in total. The molecule has 0 atom stereocenters. The van der Waals surface area contributed by atoms with Gasteiger partial charge in [-0.15, -0.1) is 0 Å². The third-order valence-corrected chi connectivity index (χ3v) is 2.29. The summed E-state index contributed by atoms with van der Waals surface area (Å²) in [4.78, 5) is 6.07. The van der Waals surface area contributed by atoms with E-state index in [1.54, 1.807) is 0 Å². The Morgan fingerprint density at radius 2 is 1.29 bits per heavy atom. The van der Waals surface area contributed by atoms with Gasteiger partial charge in [0.1, 0.15) is 24.8 Å². The van der Waals surface area contributed by atoms with Crippen molar-refractivity contribution in [1.29, 1.82) is 0 Å². The first kappa shape index (κ1) is 8.99. The van der Waals surface area contributed by atoms with E-state index < -0.39 is 0 Å². The second-order valence-corrected chi connectivity index (χ2v) is 3.41. The standard InChI is InChI=1S/C10H14N4/c1(5-13-7-3-11-9-13)2-6-14-8-4-12-10-14/h3-4,7-10H,1-2,5-6H2/p+2. The summed E-state index contributed by atoms with van der Waals surface area (Å²) in [5.41, 5.74) is 0. The van der Waals surface area contributed by atoms with Gasteiger partial charge in [0.15, 0.2) is 0 Å². The molecule has 0 unspecified atom stereocenters. The fourth-order valence-corrected chi connectivity index (χ4v) is 1.51. The number of nitrogens with one attached hydrogen (secondary N) is 2. The summed E-state index contributed by atoms with van der Waals surface area (Å²) in [6.45, 7) is 2.18. The molecule has 0 saturated heterocycles. The lowest BCUT2D eigenvalue weighted by Gasteiger charge is -1.95. The number of rotatable bonds is 5. The van der Waals surface area contributed by atoms with Crippen LogP contribution in [0.2, 0.25) is 0 Å². The number of imidazole rings is 2. The third-order valence-electron chi connectivity index (χ3n) is 2.29. The van der Waals surface area contributed by atoms with Crippen LogP contribution in [0.3, 0.4) is 0 Å². The first-order chi connectivity index (χ1) is 6.95. The van der Waals surface area contributed by atoms with Gasteiger partial charge in [-0.05, 0) is 12.8 Å². The quantitative estimate of drug-likeness (QED) is 0.508. The summed E-state index contributed by atoms with van der Waals surface area (Å²) < 4.78 is 4.34. The van der Waals surface area contributed by atoms with Gasteiger partial charge < -0.3 is 0 Å². The molecule has 4 heteroatoms. The second-order valence-electron chi connectivity index (χ2n) is 3.41. The van der Waals surface area contributed by atoms with Crippen LogP contribution >= 0.6 is 0 Å². The molecular formula is C10H16N4+2. The monoisotopic (exact) mass is 192 g/mol. The van der Waals surface area contributed by atoms with Crippen LogP contribution in [0.1, 0.15) is 12.8 Å². The number of nitrogens with zero attached hydrogens (tertiary/aromatic N) is 2. The Hall–Kier alpha value is -1.58. The van der Waals surface area contributed by atoms with Crippen molar-refractivity contribution in [2.75, 3.05) is 0 Å². The molecule has 0 radical (unpaired) electrons. The summed E-state index contributed by atoms with van der Waals surface area (Å²) >= 11 is 0. The van der Waals surface area contributed by atoms with Crippen LogP contribution in [0.5, 0.6) is 0 Å². The van der Waals surface area contributed by atoms with E-state index in [4.69, 9.17) is 0 Å². The zero-order valence-corrected chi connectivity index (χ0v) is 8.19. The second kappa shape index (κ2) is 4.60. The van der Waals surface area contributed by atoms with Gasteiger partial charge in [-0.25, -0.2) is 9.13 Å². The average molecular weight is 192 g/mol. The number of aryl methyl sites for hydroxylation is 2. The Morgan fingerprint density at radius 1 is 0.786 bits per heavy atom. The zero-order valence-electron chi connectivity index (χ0n) is 8.19. The first-order valence-corrected chi connectivity index (χ1v) is 4.99. The molecule has 0 amide bonds. The third kappa shape index (κ3) is 2.45. The summed E-state index contributed by atoms with van der Waals surface area (Å²) in [5, 5.41) is 0. The zero-order chi connectivity index (χ0) is 9.64. The Morgan fingerprint density at radius 3 is 1.64 bits per heavy atom. The van der Waals surface area contributed by atoms with E-state index in [0.717, 1.165) is 13.1 Å². The van der Waals surface area contributed by atoms with Gasteiger partial charge in [-0.1, -0.05) is 0 Å². The molecule has 2 rings (SSSR count). The van der Waals surface area contributed by atoms with Crippen LogP contribution in [-0.2, 0) is 13.1 Å². The van der Waals surface area contributed by atoms with E-state index in [-0.39, 0.29) is 0 Å². The Kier molecular flexibility index (Phi) is 2.95. The molecule has 0 saturated carbocycles. The molecule has 74 valence electrons.